The normalized spacial score (nSPS) is 14.4. The van der Waals surface area contributed by atoms with E-state index in [2.05, 4.69) is 30.8 Å². The van der Waals surface area contributed by atoms with E-state index >= 15 is 0 Å². The zero-order chi connectivity index (χ0) is 21.6. The lowest BCUT2D eigenvalue weighted by Crippen LogP contribution is -2.37. The van der Waals surface area contributed by atoms with Crippen molar-refractivity contribution < 1.29 is 9.13 Å². The number of morpholine rings is 1. The predicted octanol–water partition coefficient (Wildman–Crippen LogP) is 3.74. The first-order valence-corrected chi connectivity index (χ1v) is 10.1. The van der Waals surface area contributed by atoms with E-state index in [9.17, 15) is 4.39 Å². The van der Waals surface area contributed by atoms with Gasteiger partial charge in [-0.2, -0.15) is 20.1 Å². The molecule has 1 aromatic heterocycles. The number of aryl methyl sites for hydroxylation is 1. The van der Waals surface area contributed by atoms with Crippen LogP contribution < -0.4 is 15.6 Å². The van der Waals surface area contributed by atoms with Gasteiger partial charge < -0.3 is 15.0 Å². The van der Waals surface area contributed by atoms with Crippen molar-refractivity contribution in [1.82, 2.24) is 15.0 Å². The molecule has 0 radical (unpaired) electrons. The summed E-state index contributed by atoms with van der Waals surface area (Å²) in [4.78, 5) is 15.6. The number of halogens is 1. The monoisotopic (exact) mass is 421 g/mol. The van der Waals surface area contributed by atoms with Crippen LogP contribution in [0.1, 0.15) is 18.1 Å². The Kier molecular flexibility index (Phi) is 6.32. The molecule has 2 aromatic carbocycles. The molecule has 0 aliphatic carbocycles. The molecule has 1 fully saturated rings. The number of ether oxygens (including phenoxy) is 1. The molecule has 0 atom stereocenters. The van der Waals surface area contributed by atoms with Crippen LogP contribution in [0.2, 0.25) is 0 Å². The number of hydrogen-bond acceptors (Lipinski definition) is 8. The third-order valence-corrected chi connectivity index (χ3v) is 4.81. The standard InChI is InChI=1S/C22H24FN7O/c1-15-3-9-19(10-4-15)24-20-25-21(27-22(26-20)30-11-13-31-14-12-30)29-28-16(2)17-5-7-18(23)8-6-17/h3-10H,11-14H2,1-2H3,(H2,24,25,26,27,29)/b28-16+. The molecule has 2 heterocycles. The molecule has 4 rings (SSSR count). The molecule has 1 aliphatic rings. The highest BCUT2D eigenvalue weighted by Gasteiger charge is 2.17. The van der Waals surface area contributed by atoms with Crippen molar-refractivity contribution in [1.29, 1.82) is 0 Å². The van der Waals surface area contributed by atoms with Crippen molar-refractivity contribution >= 4 is 29.2 Å². The minimum Gasteiger partial charge on any atom is -0.378 e. The molecule has 1 aliphatic heterocycles. The van der Waals surface area contributed by atoms with Crippen molar-refractivity contribution in [3.05, 3.63) is 65.5 Å². The molecule has 2 N–H and O–H groups in total. The molecule has 1 saturated heterocycles. The third kappa shape index (κ3) is 5.52. The number of nitrogens with zero attached hydrogens (tertiary/aromatic N) is 5. The largest absolute Gasteiger partial charge is 0.378 e. The first kappa shape index (κ1) is 20.7. The average molecular weight is 421 g/mol. The first-order valence-electron chi connectivity index (χ1n) is 10.1. The number of hydrazone groups is 1. The number of rotatable bonds is 6. The fraction of sp³-hybridized carbons (Fsp3) is 0.273. The van der Waals surface area contributed by atoms with Crippen LogP contribution in [0.4, 0.5) is 27.9 Å². The van der Waals surface area contributed by atoms with Crippen LogP contribution in [0.25, 0.3) is 0 Å². The molecule has 0 amide bonds. The molecular weight excluding hydrogens is 397 g/mol. The summed E-state index contributed by atoms with van der Waals surface area (Å²) in [5, 5.41) is 7.59. The lowest BCUT2D eigenvalue weighted by molar-refractivity contribution is 0.122. The Morgan fingerprint density at radius 3 is 2.35 bits per heavy atom. The van der Waals surface area contributed by atoms with E-state index in [1.807, 2.05) is 43.0 Å². The van der Waals surface area contributed by atoms with E-state index in [1.54, 1.807) is 12.1 Å². The number of anilines is 4. The van der Waals surface area contributed by atoms with Crippen LogP contribution in [0.5, 0.6) is 0 Å². The summed E-state index contributed by atoms with van der Waals surface area (Å²) >= 11 is 0. The van der Waals surface area contributed by atoms with E-state index in [0.717, 1.165) is 11.3 Å². The maximum absolute atomic E-state index is 13.2. The second kappa shape index (κ2) is 9.48. The van der Waals surface area contributed by atoms with Crippen molar-refractivity contribution in [3.63, 3.8) is 0 Å². The Labute approximate surface area is 180 Å². The SMILES string of the molecule is C/C(=N\Nc1nc(Nc2ccc(C)cc2)nc(N2CCOCC2)n1)c1ccc(F)cc1. The van der Waals surface area contributed by atoms with Crippen molar-refractivity contribution in [2.75, 3.05) is 41.9 Å². The smallest absolute Gasteiger partial charge is 0.250 e. The summed E-state index contributed by atoms with van der Waals surface area (Å²) in [6.45, 7) is 6.51. The molecule has 0 bridgehead atoms. The second-order valence-corrected chi connectivity index (χ2v) is 7.19. The van der Waals surface area contributed by atoms with Crippen LogP contribution >= 0.6 is 0 Å². The van der Waals surface area contributed by atoms with Gasteiger partial charge in [0.05, 0.1) is 18.9 Å². The van der Waals surface area contributed by atoms with Gasteiger partial charge in [0.15, 0.2) is 0 Å². The van der Waals surface area contributed by atoms with E-state index in [-0.39, 0.29) is 5.82 Å². The van der Waals surface area contributed by atoms with Crippen LogP contribution in [-0.4, -0.2) is 47.0 Å². The second-order valence-electron chi connectivity index (χ2n) is 7.19. The fourth-order valence-corrected chi connectivity index (χ4v) is 3.03. The van der Waals surface area contributed by atoms with E-state index in [0.29, 0.717) is 49.9 Å². The Hall–Kier alpha value is -3.59. The highest BCUT2D eigenvalue weighted by Crippen LogP contribution is 2.19. The van der Waals surface area contributed by atoms with Gasteiger partial charge in [-0.3, -0.25) is 0 Å². The first-order chi connectivity index (χ1) is 15.1. The van der Waals surface area contributed by atoms with Gasteiger partial charge in [-0.15, -0.1) is 0 Å². The van der Waals surface area contributed by atoms with E-state index < -0.39 is 0 Å². The van der Waals surface area contributed by atoms with Gasteiger partial charge in [0, 0.05) is 18.8 Å². The topological polar surface area (TPSA) is 87.6 Å². The molecule has 9 heteroatoms. The number of nitrogens with one attached hydrogen (secondary N) is 2. The predicted molar refractivity (Wildman–Crippen MR) is 120 cm³/mol. The fourth-order valence-electron chi connectivity index (χ4n) is 3.03. The minimum absolute atomic E-state index is 0.288. The van der Waals surface area contributed by atoms with Gasteiger partial charge in [0.25, 0.3) is 0 Å². The number of hydrogen-bond donors (Lipinski definition) is 2. The summed E-state index contributed by atoms with van der Waals surface area (Å²) in [6, 6.07) is 14.1. The maximum Gasteiger partial charge on any atom is 0.250 e. The summed E-state index contributed by atoms with van der Waals surface area (Å²) < 4.78 is 18.6. The molecule has 160 valence electrons. The minimum atomic E-state index is -0.288. The van der Waals surface area contributed by atoms with Gasteiger partial charge in [-0.25, -0.2) is 9.82 Å². The number of benzene rings is 2. The van der Waals surface area contributed by atoms with Crippen molar-refractivity contribution in [2.45, 2.75) is 13.8 Å². The van der Waals surface area contributed by atoms with Crippen LogP contribution in [0.15, 0.2) is 53.6 Å². The van der Waals surface area contributed by atoms with Gasteiger partial charge in [-0.05, 0) is 43.7 Å². The molecule has 0 spiro atoms. The van der Waals surface area contributed by atoms with Crippen molar-refractivity contribution in [2.24, 2.45) is 5.10 Å². The van der Waals surface area contributed by atoms with Crippen LogP contribution in [0, 0.1) is 12.7 Å². The average Bonchev–Trinajstić information content (AvgIpc) is 2.80. The lowest BCUT2D eigenvalue weighted by Gasteiger charge is -2.27. The third-order valence-electron chi connectivity index (χ3n) is 4.81. The maximum atomic E-state index is 13.2. The Morgan fingerprint density at radius 1 is 0.968 bits per heavy atom. The molecular formula is C22H24FN7O. The Balaban J connectivity index is 1.59. The van der Waals surface area contributed by atoms with Gasteiger partial charge in [-0.1, -0.05) is 29.8 Å². The summed E-state index contributed by atoms with van der Waals surface area (Å²) in [7, 11) is 0. The van der Waals surface area contributed by atoms with Crippen molar-refractivity contribution in [3.8, 4) is 0 Å². The van der Waals surface area contributed by atoms with Crippen LogP contribution in [0.3, 0.4) is 0 Å². The highest BCUT2D eigenvalue weighted by atomic mass is 19.1. The highest BCUT2D eigenvalue weighted by molar-refractivity contribution is 5.98. The lowest BCUT2D eigenvalue weighted by atomic mass is 10.1. The Bertz CT molecular complexity index is 1050. The molecule has 0 unspecified atom stereocenters. The quantitative estimate of drug-likeness (QED) is 0.463. The Morgan fingerprint density at radius 2 is 1.65 bits per heavy atom. The zero-order valence-corrected chi connectivity index (χ0v) is 17.5. The van der Waals surface area contributed by atoms with Gasteiger partial charge in [0.1, 0.15) is 5.82 Å². The van der Waals surface area contributed by atoms with E-state index in [1.165, 1.54) is 17.7 Å². The molecule has 3 aromatic rings. The number of aromatic nitrogens is 3. The van der Waals surface area contributed by atoms with Crippen LogP contribution in [-0.2, 0) is 4.74 Å². The molecule has 0 saturated carbocycles. The summed E-state index contributed by atoms with van der Waals surface area (Å²) in [6.07, 6.45) is 0. The molecule has 31 heavy (non-hydrogen) atoms. The van der Waals surface area contributed by atoms with E-state index in [4.69, 9.17) is 4.74 Å². The molecule has 8 nitrogen and oxygen atoms in total. The summed E-state index contributed by atoms with van der Waals surface area (Å²) in [5.74, 6) is 0.985. The van der Waals surface area contributed by atoms with Gasteiger partial charge >= 0.3 is 0 Å². The zero-order valence-electron chi connectivity index (χ0n) is 17.5. The summed E-state index contributed by atoms with van der Waals surface area (Å²) in [5.41, 5.74) is 6.43. The van der Waals surface area contributed by atoms with Gasteiger partial charge in [0.2, 0.25) is 17.8 Å².